The molecule has 0 amide bonds. The van der Waals surface area contributed by atoms with Crippen LogP contribution in [-0.2, 0) is 14.3 Å². The first-order chi connectivity index (χ1) is 5.65. The van der Waals surface area contributed by atoms with Crippen molar-refractivity contribution in [3.05, 3.63) is 12.2 Å². The first-order valence-electron chi connectivity index (χ1n) is 3.64. The van der Waals surface area contributed by atoms with Crippen LogP contribution >= 0.6 is 0 Å². The van der Waals surface area contributed by atoms with Crippen LogP contribution in [0.2, 0.25) is 0 Å². The molecule has 0 radical (unpaired) electrons. The molecule has 1 rings (SSSR count). The molecule has 4 heteroatoms. The Bertz CT molecular complexity index is 231. The highest BCUT2D eigenvalue weighted by molar-refractivity contribution is 5.79. The van der Waals surface area contributed by atoms with E-state index in [0.717, 1.165) is 0 Å². The van der Waals surface area contributed by atoms with Crippen LogP contribution in [0.3, 0.4) is 0 Å². The zero-order valence-corrected chi connectivity index (χ0v) is 6.69. The van der Waals surface area contributed by atoms with Crippen molar-refractivity contribution in [2.45, 2.75) is 6.42 Å². The summed E-state index contributed by atoms with van der Waals surface area (Å²) in [6.45, 7) is 0. The molecule has 1 aliphatic rings. The molecule has 0 aromatic heterocycles. The largest absolute Gasteiger partial charge is 0.481 e. The molecular weight excluding hydrogens is 160 g/mol. The zero-order chi connectivity index (χ0) is 9.14. The van der Waals surface area contributed by atoms with Crippen LogP contribution < -0.4 is 0 Å². The lowest BCUT2D eigenvalue weighted by Crippen LogP contribution is -2.16. The Kier molecular flexibility index (Phi) is 2.47. The third-order valence-corrected chi connectivity index (χ3v) is 1.90. The van der Waals surface area contributed by atoms with E-state index in [1.165, 1.54) is 13.2 Å². The van der Waals surface area contributed by atoms with Gasteiger partial charge >= 0.3 is 11.9 Å². The summed E-state index contributed by atoms with van der Waals surface area (Å²) in [4.78, 5) is 21.4. The van der Waals surface area contributed by atoms with Crippen molar-refractivity contribution < 1.29 is 19.4 Å². The number of rotatable bonds is 2. The monoisotopic (exact) mass is 170 g/mol. The van der Waals surface area contributed by atoms with Crippen LogP contribution in [0.5, 0.6) is 0 Å². The molecule has 1 N–H and O–H groups in total. The van der Waals surface area contributed by atoms with Crippen molar-refractivity contribution in [3.63, 3.8) is 0 Å². The van der Waals surface area contributed by atoms with Crippen LogP contribution in [0.4, 0.5) is 0 Å². The van der Waals surface area contributed by atoms with E-state index in [4.69, 9.17) is 5.11 Å². The highest BCUT2D eigenvalue weighted by atomic mass is 16.5. The number of carboxylic acids is 1. The maximum absolute atomic E-state index is 10.9. The lowest BCUT2D eigenvalue weighted by atomic mass is 10.0. The average molecular weight is 170 g/mol. The molecule has 12 heavy (non-hydrogen) atoms. The Balaban J connectivity index is 2.53. The Morgan fingerprint density at radius 3 is 2.42 bits per heavy atom. The molecule has 0 aromatic carbocycles. The van der Waals surface area contributed by atoms with Gasteiger partial charge in [0.25, 0.3) is 0 Å². The topological polar surface area (TPSA) is 63.6 Å². The molecule has 0 unspecified atom stereocenters. The molecule has 0 aromatic rings. The highest BCUT2D eigenvalue weighted by Gasteiger charge is 2.29. The molecule has 0 saturated heterocycles. The van der Waals surface area contributed by atoms with Crippen molar-refractivity contribution in [1.82, 2.24) is 0 Å². The van der Waals surface area contributed by atoms with E-state index in [2.05, 4.69) is 4.74 Å². The molecule has 0 aliphatic heterocycles. The van der Waals surface area contributed by atoms with Crippen molar-refractivity contribution in [2.24, 2.45) is 11.8 Å². The van der Waals surface area contributed by atoms with E-state index in [-0.39, 0.29) is 11.9 Å². The Labute approximate surface area is 69.8 Å². The fourth-order valence-electron chi connectivity index (χ4n) is 1.21. The van der Waals surface area contributed by atoms with E-state index in [1.54, 1.807) is 6.08 Å². The minimum atomic E-state index is -0.891. The van der Waals surface area contributed by atoms with Crippen molar-refractivity contribution in [1.29, 1.82) is 0 Å². The fraction of sp³-hybridized carbons (Fsp3) is 0.500. The van der Waals surface area contributed by atoms with Gasteiger partial charge < -0.3 is 9.84 Å². The van der Waals surface area contributed by atoms with Crippen molar-refractivity contribution >= 4 is 11.9 Å². The summed E-state index contributed by atoms with van der Waals surface area (Å²) in [7, 11) is 1.30. The highest BCUT2D eigenvalue weighted by Crippen LogP contribution is 2.24. The predicted molar refractivity (Wildman–Crippen MR) is 40.4 cm³/mol. The summed E-state index contributed by atoms with van der Waals surface area (Å²) in [5.74, 6) is -2.17. The Hall–Kier alpha value is -1.32. The van der Waals surface area contributed by atoms with Gasteiger partial charge in [0.15, 0.2) is 0 Å². The molecule has 0 heterocycles. The number of esters is 1. The second-order valence-corrected chi connectivity index (χ2v) is 2.69. The van der Waals surface area contributed by atoms with Gasteiger partial charge in [-0.15, -0.1) is 0 Å². The van der Waals surface area contributed by atoms with Gasteiger partial charge in [-0.05, 0) is 6.42 Å². The third kappa shape index (κ3) is 1.64. The van der Waals surface area contributed by atoms with Gasteiger partial charge in [0.05, 0.1) is 18.9 Å². The molecule has 0 spiro atoms. The van der Waals surface area contributed by atoms with Gasteiger partial charge in [0, 0.05) is 0 Å². The summed E-state index contributed by atoms with van der Waals surface area (Å²) < 4.78 is 4.48. The molecule has 1 aliphatic carbocycles. The van der Waals surface area contributed by atoms with Gasteiger partial charge in [0.2, 0.25) is 0 Å². The average Bonchev–Trinajstić information content (AvgIpc) is 2.51. The van der Waals surface area contributed by atoms with Crippen LogP contribution in [0.1, 0.15) is 6.42 Å². The van der Waals surface area contributed by atoms with Crippen molar-refractivity contribution in [3.8, 4) is 0 Å². The van der Waals surface area contributed by atoms with Crippen LogP contribution in [-0.4, -0.2) is 24.2 Å². The second kappa shape index (κ2) is 3.38. The summed E-state index contributed by atoms with van der Waals surface area (Å²) in [5.41, 5.74) is 0. The number of aliphatic carboxylic acids is 1. The number of hydrogen-bond acceptors (Lipinski definition) is 3. The number of ether oxygens (including phenoxy) is 1. The van der Waals surface area contributed by atoms with Gasteiger partial charge in [-0.2, -0.15) is 0 Å². The third-order valence-electron chi connectivity index (χ3n) is 1.90. The molecule has 66 valence electrons. The number of carboxylic acid groups (broad SMARTS) is 1. The van der Waals surface area contributed by atoms with E-state index in [1.807, 2.05) is 0 Å². The van der Waals surface area contributed by atoms with Crippen molar-refractivity contribution in [2.75, 3.05) is 7.11 Å². The van der Waals surface area contributed by atoms with Gasteiger partial charge in [-0.3, -0.25) is 9.59 Å². The molecule has 0 bridgehead atoms. The standard InChI is InChI=1S/C8H10O4/c1-12-8(11)6-3-2-5(4-6)7(9)10/h2-3,5-6H,4H2,1H3,(H,9,10)/t5-,6+/m1/s1. The maximum atomic E-state index is 10.9. The normalized spacial score (nSPS) is 27.1. The zero-order valence-electron chi connectivity index (χ0n) is 6.69. The molecular formula is C8H10O4. The van der Waals surface area contributed by atoms with Crippen LogP contribution in [0, 0.1) is 11.8 Å². The van der Waals surface area contributed by atoms with Crippen LogP contribution in [0.15, 0.2) is 12.2 Å². The Morgan fingerprint density at radius 1 is 1.42 bits per heavy atom. The summed E-state index contributed by atoms with van der Waals surface area (Å²) in [6.07, 6.45) is 3.44. The molecule has 4 nitrogen and oxygen atoms in total. The number of carbonyl (C=O) groups is 2. The smallest absolute Gasteiger partial charge is 0.312 e. The van der Waals surface area contributed by atoms with E-state index >= 15 is 0 Å². The van der Waals surface area contributed by atoms with Crippen LogP contribution in [0.25, 0.3) is 0 Å². The molecule has 2 atom stereocenters. The van der Waals surface area contributed by atoms with Gasteiger partial charge in [-0.25, -0.2) is 0 Å². The minimum absolute atomic E-state index is 0.321. The minimum Gasteiger partial charge on any atom is -0.481 e. The van der Waals surface area contributed by atoms with E-state index < -0.39 is 11.9 Å². The molecule has 0 saturated carbocycles. The first-order valence-corrected chi connectivity index (χ1v) is 3.64. The lowest BCUT2D eigenvalue weighted by molar-refractivity contribution is -0.144. The lowest BCUT2D eigenvalue weighted by Gasteiger charge is -2.05. The van der Waals surface area contributed by atoms with E-state index in [0.29, 0.717) is 6.42 Å². The maximum Gasteiger partial charge on any atom is 0.312 e. The molecule has 0 fully saturated rings. The van der Waals surface area contributed by atoms with Gasteiger partial charge in [-0.1, -0.05) is 12.2 Å². The number of hydrogen-bond donors (Lipinski definition) is 1. The number of carbonyl (C=O) groups excluding carboxylic acids is 1. The first kappa shape index (κ1) is 8.77. The van der Waals surface area contributed by atoms with Gasteiger partial charge in [0.1, 0.15) is 0 Å². The second-order valence-electron chi connectivity index (χ2n) is 2.69. The quantitative estimate of drug-likeness (QED) is 0.482. The summed E-state index contributed by atoms with van der Waals surface area (Å²) >= 11 is 0. The summed E-state index contributed by atoms with van der Waals surface area (Å²) in [6, 6.07) is 0. The SMILES string of the molecule is COC(=O)[C@H]1C=C[C@@H](C(=O)O)C1. The Morgan fingerprint density at radius 2 is 2.00 bits per heavy atom. The van der Waals surface area contributed by atoms with E-state index in [9.17, 15) is 9.59 Å². The predicted octanol–water partition coefficient (Wildman–Crippen LogP) is 0.436. The summed E-state index contributed by atoms with van der Waals surface area (Å²) in [5, 5.41) is 8.58. The fourth-order valence-corrected chi connectivity index (χ4v) is 1.21. The number of methoxy groups -OCH3 is 1.